The molecule has 0 radical (unpaired) electrons. The molecule has 2 fully saturated rings. The quantitative estimate of drug-likeness (QED) is 0.850. The van der Waals surface area contributed by atoms with Crippen LogP contribution >= 0.6 is 0 Å². The maximum atomic E-state index is 4.59. The molecule has 0 aromatic carbocycles. The van der Waals surface area contributed by atoms with Gasteiger partial charge >= 0.3 is 0 Å². The lowest BCUT2D eigenvalue weighted by atomic mass is 10.2. The second-order valence-electron chi connectivity index (χ2n) is 5.68. The van der Waals surface area contributed by atoms with Crippen molar-refractivity contribution >= 4 is 17.8 Å². The average Bonchev–Trinajstić information content (AvgIpc) is 2.94. The van der Waals surface area contributed by atoms with Crippen molar-refractivity contribution in [3.05, 3.63) is 0 Å². The standard InChI is InChI=1S/C13H23N7/c1-14-11-15-12(18(2)3)17-13(16-11)20-8-7-19-6-4-5-10(19)9-20/h10H,4-9H2,1-3H3,(H,14,15,16,17). The lowest BCUT2D eigenvalue weighted by molar-refractivity contribution is 0.229. The normalized spacial score (nSPS) is 22.8. The summed E-state index contributed by atoms with van der Waals surface area (Å²) in [5.74, 6) is 2.13. The molecule has 0 spiro atoms. The lowest BCUT2D eigenvalue weighted by Crippen LogP contribution is -2.50. The largest absolute Gasteiger partial charge is 0.357 e. The third kappa shape index (κ3) is 2.49. The van der Waals surface area contributed by atoms with E-state index in [-0.39, 0.29) is 0 Å². The van der Waals surface area contributed by atoms with E-state index < -0.39 is 0 Å². The van der Waals surface area contributed by atoms with E-state index in [0.29, 0.717) is 17.9 Å². The molecule has 0 saturated carbocycles. The van der Waals surface area contributed by atoms with Gasteiger partial charge in [0, 0.05) is 46.8 Å². The molecule has 1 aromatic heterocycles. The highest BCUT2D eigenvalue weighted by Crippen LogP contribution is 2.24. The van der Waals surface area contributed by atoms with E-state index in [1.165, 1.54) is 19.4 Å². The van der Waals surface area contributed by atoms with E-state index >= 15 is 0 Å². The van der Waals surface area contributed by atoms with Gasteiger partial charge in [0.1, 0.15) is 0 Å². The first kappa shape index (κ1) is 13.4. The molecule has 2 aliphatic rings. The minimum Gasteiger partial charge on any atom is -0.357 e. The Balaban J connectivity index is 1.83. The van der Waals surface area contributed by atoms with Crippen molar-refractivity contribution in [3.63, 3.8) is 0 Å². The Morgan fingerprint density at radius 3 is 2.75 bits per heavy atom. The van der Waals surface area contributed by atoms with Gasteiger partial charge in [-0.1, -0.05) is 0 Å². The van der Waals surface area contributed by atoms with Gasteiger partial charge in [-0.3, -0.25) is 4.90 Å². The number of nitrogens with one attached hydrogen (secondary N) is 1. The fraction of sp³-hybridized carbons (Fsp3) is 0.769. The Hall–Kier alpha value is -1.63. The second-order valence-corrected chi connectivity index (χ2v) is 5.68. The van der Waals surface area contributed by atoms with Crippen LogP contribution in [-0.4, -0.2) is 73.2 Å². The summed E-state index contributed by atoms with van der Waals surface area (Å²) in [5.41, 5.74) is 0. The molecule has 0 amide bonds. The van der Waals surface area contributed by atoms with Crippen LogP contribution in [0.3, 0.4) is 0 Å². The van der Waals surface area contributed by atoms with Gasteiger partial charge in [-0.25, -0.2) is 0 Å². The molecule has 1 unspecified atom stereocenters. The van der Waals surface area contributed by atoms with Crippen LogP contribution < -0.4 is 15.1 Å². The zero-order chi connectivity index (χ0) is 14.1. The number of anilines is 3. The molecule has 7 heteroatoms. The first-order valence-electron chi connectivity index (χ1n) is 7.27. The van der Waals surface area contributed by atoms with Crippen molar-refractivity contribution in [1.82, 2.24) is 19.9 Å². The Morgan fingerprint density at radius 2 is 2.00 bits per heavy atom. The van der Waals surface area contributed by atoms with E-state index in [1.807, 2.05) is 26.0 Å². The van der Waals surface area contributed by atoms with E-state index in [4.69, 9.17) is 0 Å². The van der Waals surface area contributed by atoms with Gasteiger partial charge in [0.2, 0.25) is 17.8 Å². The third-order valence-corrected chi connectivity index (χ3v) is 4.11. The molecule has 7 nitrogen and oxygen atoms in total. The van der Waals surface area contributed by atoms with Gasteiger partial charge in [0.15, 0.2) is 0 Å². The van der Waals surface area contributed by atoms with E-state index in [2.05, 4.69) is 30.1 Å². The average molecular weight is 277 g/mol. The Kier molecular flexibility index (Phi) is 3.60. The number of fused-ring (bicyclic) bond motifs is 1. The minimum atomic E-state index is 0.632. The predicted molar refractivity (Wildman–Crippen MR) is 80.5 cm³/mol. The number of hydrogen-bond acceptors (Lipinski definition) is 7. The summed E-state index contributed by atoms with van der Waals surface area (Å²) in [6, 6.07) is 0.668. The van der Waals surface area contributed by atoms with E-state index in [9.17, 15) is 0 Å². The Bertz CT molecular complexity index is 476. The van der Waals surface area contributed by atoms with Crippen LogP contribution in [0, 0.1) is 0 Å². The summed E-state index contributed by atoms with van der Waals surface area (Å²) in [4.78, 5) is 20.3. The highest BCUT2D eigenvalue weighted by atomic mass is 15.4. The van der Waals surface area contributed by atoms with Crippen LogP contribution in [0.2, 0.25) is 0 Å². The van der Waals surface area contributed by atoms with Gasteiger partial charge in [-0.05, 0) is 19.4 Å². The zero-order valence-corrected chi connectivity index (χ0v) is 12.5. The van der Waals surface area contributed by atoms with Crippen LogP contribution in [0.5, 0.6) is 0 Å². The molecule has 20 heavy (non-hydrogen) atoms. The van der Waals surface area contributed by atoms with Crippen molar-refractivity contribution in [2.24, 2.45) is 0 Å². The van der Waals surface area contributed by atoms with Gasteiger partial charge in [0.05, 0.1) is 0 Å². The number of hydrogen-bond donors (Lipinski definition) is 1. The summed E-state index contributed by atoms with van der Waals surface area (Å²) in [6.45, 7) is 4.39. The monoisotopic (exact) mass is 277 g/mol. The smallest absolute Gasteiger partial charge is 0.232 e. The summed E-state index contributed by atoms with van der Waals surface area (Å²) in [7, 11) is 5.74. The van der Waals surface area contributed by atoms with Crippen LogP contribution in [0.25, 0.3) is 0 Å². The Morgan fingerprint density at radius 1 is 1.15 bits per heavy atom. The van der Waals surface area contributed by atoms with Gasteiger partial charge < -0.3 is 15.1 Å². The molecule has 0 bridgehead atoms. The summed E-state index contributed by atoms with van der Waals surface area (Å²) in [5, 5.41) is 3.02. The predicted octanol–water partition coefficient (Wildman–Crippen LogP) is 0.264. The van der Waals surface area contributed by atoms with Gasteiger partial charge in [0.25, 0.3) is 0 Å². The first-order chi connectivity index (χ1) is 9.67. The van der Waals surface area contributed by atoms with Crippen LogP contribution in [0.1, 0.15) is 12.8 Å². The minimum absolute atomic E-state index is 0.632. The molecule has 3 heterocycles. The number of nitrogens with zero attached hydrogens (tertiary/aromatic N) is 6. The second kappa shape index (κ2) is 5.40. The highest BCUT2D eigenvalue weighted by molar-refractivity contribution is 5.44. The van der Waals surface area contributed by atoms with Crippen LogP contribution in [0.4, 0.5) is 17.8 Å². The van der Waals surface area contributed by atoms with Crippen LogP contribution in [0.15, 0.2) is 0 Å². The van der Waals surface area contributed by atoms with Crippen molar-refractivity contribution in [1.29, 1.82) is 0 Å². The summed E-state index contributed by atoms with van der Waals surface area (Å²) < 4.78 is 0. The topological polar surface area (TPSA) is 60.4 Å². The van der Waals surface area contributed by atoms with Crippen molar-refractivity contribution in [3.8, 4) is 0 Å². The highest BCUT2D eigenvalue weighted by Gasteiger charge is 2.31. The maximum Gasteiger partial charge on any atom is 0.232 e. The van der Waals surface area contributed by atoms with Crippen molar-refractivity contribution < 1.29 is 0 Å². The van der Waals surface area contributed by atoms with E-state index in [1.54, 1.807) is 0 Å². The fourth-order valence-electron chi connectivity index (χ4n) is 2.98. The van der Waals surface area contributed by atoms with E-state index in [0.717, 1.165) is 25.6 Å². The fourth-order valence-corrected chi connectivity index (χ4v) is 2.98. The molecule has 110 valence electrons. The Labute approximate surface area is 120 Å². The molecule has 1 aromatic rings. The number of aromatic nitrogens is 3. The number of piperazine rings is 1. The SMILES string of the molecule is CNc1nc(N(C)C)nc(N2CCN3CCCC3C2)n1. The molecule has 0 aliphatic carbocycles. The van der Waals surface area contributed by atoms with Gasteiger partial charge in [-0.2, -0.15) is 15.0 Å². The molecule has 1 atom stereocenters. The zero-order valence-electron chi connectivity index (χ0n) is 12.5. The summed E-state index contributed by atoms with van der Waals surface area (Å²) in [6.07, 6.45) is 2.61. The number of rotatable bonds is 3. The maximum absolute atomic E-state index is 4.59. The first-order valence-corrected chi connectivity index (χ1v) is 7.27. The molecular weight excluding hydrogens is 254 g/mol. The van der Waals surface area contributed by atoms with Crippen molar-refractivity contribution in [2.75, 3.05) is 62.4 Å². The molecular formula is C13H23N7. The lowest BCUT2D eigenvalue weighted by Gasteiger charge is -2.37. The molecule has 1 N–H and O–H groups in total. The molecule has 2 saturated heterocycles. The summed E-state index contributed by atoms with van der Waals surface area (Å²) >= 11 is 0. The van der Waals surface area contributed by atoms with Gasteiger partial charge in [-0.15, -0.1) is 0 Å². The van der Waals surface area contributed by atoms with Crippen molar-refractivity contribution in [2.45, 2.75) is 18.9 Å². The van der Waals surface area contributed by atoms with Crippen LogP contribution in [-0.2, 0) is 0 Å². The molecule has 2 aliphatic heterocycles. The third-order valence-electron chi connectivity index (χ3n) is 4.11. The molecule has 3 rings (SSSR count).